The molecular weight excluding hydrogens is 456 g/mol. The Kier molecular flexibility index (Phi) is 8.95. The third-order valence-electron chi connectivity index (χ3n) is 6.93. The van der Waals surface area contributed by atoms with Crippen LogP contribution in [0.15, 0.2) is 12.3 Å². The summed E-state index contributed by atoms with van der Waals surface area (Å²) < 4.78 is 0. The number of likely N-dealkylation sites (tertiary alicyclic amines) is 1. The number of hydroxylamine groups is 2. The first kappa shape index (κ1) is 26.4. The summed E-state index contributed by atoms with van der Waals surface area (Å²) in [4.78, 5) is 67.5. The van der Waals surface area contributed by atoms with Gasteiger partial charge in [0, 0.05) is 43.8 Å². The lowest BCUT2D eigenvalue weighted by Gasteiger charge is -2.31. The molecule has 0 bridgehead atoms. The maximum absolute atomic E-state index is 13.0. The van der Waals surface area contributed by atoms with Gasteiger partial charge in [0.15, 0.2) is 0 Å². The standard InChI is InChI=1S/C25H36N2O6S/c1-15(2)20(28)11-16(3)14-34-21-12-17(4)26(24(21)31)13-18-5-7-19(8-6-18)25(32)33-27-22(29)9-10-23(27)30/h15-16,18-19,21H,4-14H2,1-3H3. The number of carbonyl (C=O) groups is 5. The van der Waals surface area contributed by atoms with Crippen LogP contribution in [0.2, 0.25) is 0 Å². The molecule has 188 valence electrons. The van der Waals surface area contributed by atoms with Crippen molar-refractivity contribution in [1.29, 1.82) is 0 Å². The fourth-order valence-electron chi connectivity index (χ4n) is 4.67. The average molecular weight is 493 g/mol. The van der Waals surface area contributed by atoms with Crippen LogP contribution in [0.1, 0.15) is 72.1 Å². The number of carbonyl (C=O) groups excluding carboxylic acids is 5. The molecule has 0 aromatic heterocycles. The molecule has 1 saturated carbocycles. The Bertz CT molecular complexity index is 832. The number of hydrogen-bond donors (Lipinski definition) is 0. The van der Waals surface area contributed by atoms with E-state index in [9.17, 15) is 24.0 Å². The molecule has 2 heterocycles. The number of allylic oxidation sites excluding steroid dienone is 1. The van der Waals surface area contributed by atoms with Crippen LogP contribution in [-0.2, 0) is 28.8 Å². The lowest BCUT2D eigenvalue weighted by Crippen LogP contribution is -2.37. The molecule has 3 amide bonds. The molecule has 1 aliphatic carbocycles. The number of ketones is 1. The number of hydrogen-bond acceptors (Lipinski definition) is 7. The van der Waals surface area contributed by atoms with E-state index in [-0.39, 0.29) is 53.5 Å². The fraction of sp³-hybridized carbons (Fsp3) is 0.720. The van der Waals surface area contributed by atoms with Crippen molar-refractivity contribution in [3.63, 3.8) is 0 Å². The summed E-state index contributed by atoms with van der Waals surface area (Å²) in [6, 6.07) is 0. The number of Topliss-reactive ketones (excluding diaryl/α,β-unsaturated/α-hetero) is 1. The van der Waals surface area contributed by atoms with Crippen LogP contribution in [0.4, 0.5) is 0 Å². The Hall–Kier alpha value is -2.16. The van der Waals surface area contributed by atoms with Gasteiger partial charge in [0.25, 0.3) is 11.8 Å². The molecule has 3 rings (SSSR count). The van der Waals surface area contributed by atoms with Crippen molar-refractivity contribution in [2.45, 2.75) is 77.4 Å². The van der Waals surface area contributed by atoms with Gasteiger partial charge < -0.3 is 9.74 Å². The topological polar surface area (TPSA) is 101 Å². The summed E-state index contributed by atoms with van der Waals surface area (Å²) >= 11 is 1.62. The smallest absolute Gasteiger partial charge is 0.330 e. The Balaban J connectivity index is 1.42. The van der Waals surface area contributed by atoms with Crippen molar-refractivity contribution in [3.05, 3.63) is 12.3 Å². The molecule has 34 heavy (non-hydrogen) atoms. The normalized spacial score (nSPS) is 26.5. The van der Waals surface area contributed by atoms with E-state index in [1.165, 1.54) is 0 Å². The van der Waals surface area contributed by atoms with Crippen molar-refractivity contribution in [2.24, 2.45) is 23.7 Å². The van der Waals surface area contributed by atoms with E-state index in [1.54, 1.807) is 16.7 Å². The van der Waals surface area contributed by atoms with Crippen LogP contribution >= 0.6 is 11.8 Å². The monoisotopic (exact) mass is 492 g/mol. The predicted octanol–water partition coefficient (Wildman–Crippen LogP) is 3.50. The highest BCUT2D eigenvalue weighted by Crippen LogP contribution is 2.36. The predicted molar refractivity (Wildman–Crippen MR) is 128 cm³/mol. The molecule has 2 atom stereocenters. The van der Waals surface area contributed by atoms with Crippen molar-refractivity contribution in [1.82, 2.24) is 9.96 Å². The van der Waals surface area contributed by atoms with Gasteiger partial charge in [-0.3, -0.25) is 19.2 Å². The molecule has 3 fully saturated rings. The van der Waals surface area contributed by atoms with Gasteiger partial charge in [-0.1, -0.05) is 27.4 Å². The van der Waals surface area contributed by atoms with Crippen molar-refractivity contribution >= 4 is 41.2 Å². The third-order valence-corrected chi connectivity index (χ3v) is 8.46. The molecule has 0 radical (unpaired) electrons. The van der Waals surface area contributed by atoms with E-state index < -0.39 is 17.8 Å². The SMILES string of the molecule is C=C1CC(SCC(C)CC(=O)C(C)C)C(=O)N1CC1CCC(C(=O)ON2C(=O)CCC2=O)CC1. The number of thioether (sulfide) groups is 1. The highest BCUT2D eigenvalue weighted by atomic mass is 32.2. The van der Waals surface area contributed by atoms with Crippen LogP contribution in [0.3, 0.4) is 0 Å². The van der Waals surface area contributed by atoms with E-state index in [1.807, 2.05) is 13.8 Å². The molecule has 3 aliphatic rings. The number of nitrogens with zero attached hydrogens (tertiary/aromatic N) is 2. The Labute approximate surface area is 205 Å². The van der Waals surface area contributed by atoms with E-state index in [0.29, 0.717) is 37.3 Å². The van der Waals surface area contributed by atoms with Crippen LogP contribution < -0.4 is 0 Å². The van der Waals surface area contributed by atoms with Gasteiger partial charge in [-0.25, -0.2) is 4.79 Å². The first-order chi connectivity index (χ1) is 16.1. The third kappa shape index (κ3) is 6.49. The Morgan fingerprint density at radius 3 is 2.26 bits per heavy atom. The lowest BCUT2D eigenvalue weighted by molar-refractivity contribution is -0.201. The maximum atomic E-state index is 13.0. The van der Waals surface area contributed by atoms with Crippen LogP contribution in [0, 0.1) is 23.7 Å². The highest BCUT2D eigenvalue weighted by Gasteiger charge is 2.39. The molecule has 2 saturated heterocycles. The molecule has 8 nitrogen and oxygen atoms in total. The quantitative estimate of drug-likeness (QED) is 0.430. The van der Waals surface area contributed by atoms with Gasteiger partial charge in [0.05, 0.1) is 11.2 Å². The largest absolute Gasteiger partial charge is 0.336 e. The van der Waals surface area contributed by atoms with E-state index in [2.05, 4.69) is 13.5 Å². The zero-order chi connectivity index (χ0) is 25.0. The minimum Gasteiger partial charge on any atom is -0.330 e. The molecule has 0 aromatic rings. The molecule has 0 aromatic carbocycles. The minimum absolute atomic E-state index is 0.0398. The molecule has 0 spiro atoms. The van der Waals surface area contributed by atoms with Crippen LogP contribution in [0.5, 0.6) is 0 Å². The van der Waals surface area contributed by atoms with Gasteiger partial charge in [-0.2, -0.15) is 0 Å². The number of imide groups is 1. The molecule has 9 heteroatoms. The zero-order valence-corrected chi connectivity index (χ0v) is 21.2. The van der Waals surface area contributed by atoms with Gasteiger partial charge in [-0.15, -0.1) is 16.8 Å². The van der Waals surface area contributed by atoms with Gasteiger partial charge in [0.2, 0.25) is 5.91 Å². The zero-order valence-electron chi connectivity index (χ0n) is 20.4. The van der Waals surface area contributed by atoms with Crippen molar-refractivity contribution in [2.75, 3.05) is 12.3 Å². The fourth-order valence-corrected chi connectivity index (χ4v) is 5.93. The highest BCUT2D eigenvalue weighted by molar-refractivity contribution is 8.00. The average Bonchev–Trinajstić information content (AvgIpc) is 3.25. The molecular formula is C25H36N2O6S. The van der Waals surface area contributed by atoms with Gasteiger partial charge in [-0.05, 0) is 43.3 Å². The summed E-state index contributed by atoms with van der Waals surface area (Å²) in [5.41, 5.74) is 0.834. The summed E-state index contributed by atoms with van der Waals surface area (Å²) in [6.45, 7) is 10.6. The molecule has 2 unspecified atom stereocenters. The van der Waals surface area contributed by atoms with E-state index in [4.69, 9.17) is 4.84 Å². The van der Waals surface area contributed by atoms with E-state index >= 15 is 0 Å². The first-order valence-electron chi connectivity index (χ1n) is 12.3. The number of amides is 3. The second kappa shape index (κ2) is 11.5. The second-order valence-electron chi connectivity index (χ2n) is 10.2. The van der Waals surface area contributed by atoms with Crippen molar-refractivity contribution < 1.29 is 28.8 Å². The first-order valence-corrected chi connectivity index (χ1v) is 13.3. The van der Waals surface area contributed by atoms with E-state index in [0.717, 1.165) is 24.3 Å². The Morgan fingerprint density at radius 1 is 1.06 bits per heavy atom. The Morgan fingerprint density at radius 2 is 1.68 bits per heavy atom. The van der Waals surface area contributed by atoms with Gasteiger partial charge in [0.1, 0.15) is 5.78 Å². The van der Waals surface area contributed by atoms with Crippen LogP contribution in [-0.4, -0.2) is 57.0 Å². The maximum Gasteiger partial charge on any atom is 0.336 e. The van der Waals surface area contributed by atoms with Crippen LogP contribution in [0.25, 0.3) is 0 Å². The van der Waals surface area contributed by atoms with Gasteiger partial charge >= 0.3 is 5.97 Å². The van der Waals surface area contributed by atoms with Crippen molar-refractivity contribution in [3.8, 4) is 0 Å². The number of rotatable bonds is 10. The lowest BCUT2D eigenvalue weighted by atomic mass is 9.82. The minimum atomic E-state index is -0.523. The second-order valence-corrected chi connectivity index (χ2v) is 11.4. The molecule has 2 aliphatic heterocycles. The summed E-state index contributed by atoms with van der Waals surface area (Å²) in [5.74, 6) is -0.137. The summed E-state index contributed by atoms with van der Waals surface area (Å²) in [5, 5.41) is 0.463. The summed E-state index contributed by atoms with van der Waals surface area (Å²) in [6.07, 6.45) is 4.09. The summed E-state index contributed by atoms with van der Waals surface area (Å²) in [7, 11) is 0. The molecule has 0 N–H and O–H groups in total.